The SMILES string of the molecule is O=C1C(Oc2ccc(Br)cc2)=COC2CC(O)CCC12. The molecule has 0 spiro atoms. The number of carbonyl (C=O) groups excluding carboxylic acids is 1. The van der Waals surface area contributed by atoms with Crippen LogP contribution < -0.4 is 4.74 Å². The average molecular weight is 339 g/mol. The highest BCUT2D eigenvalue weighted by atomic mass is 79.9. The third kappa shape index (κ3) is 2.74. The molecule has 0 bridgehead atoms. The zero-order valence-corrected chi connectivity index (χ0v) is 12.4. The second kappa shape index (κ2) is 5.58. The summed E-state index contributed by atoms with van der Waals surface area (Å²) < 4.78 is 12.1. The number of rotatable bonds is 2. The summed E-state index contributed by atoms with van der Waals surface area (Å²) in [5.41, 5.74) is 0. The number of aliphatic hydroxyl groups is 1. The quantitative estimate of drug-likeness (QED) is 0.900. The van der Waals surface area contributed by atoms with Crippen LogP contribution in [0, 0.1) is 5.92 Å². The zero-order chi connectivity index (χ0) is 14.1. The van der Waals surface area contributed by atoms with Crippen LogP contribution >= 0.6 is 15.9 Å². The minimum atomic E-state index is -0.369. The highest BCUT2D eigenvalue weighted by Gasteiger charge is 2.40. The van der Waals surface area contributed by atoms with Crippen molar-refractivity contribution < 1.29 is 19.4 Å². The number of hydrogen-bond acceptors (Lipinski definition) is 4. The molecule has 0 amide bonds. The fourth-order valence-corrected chi connectivity index (χ4v) is 2.92. The maximum Gasteiger partial charge on any atom is 0.207 e. The second-order valence-electron chi connectivity index (χ2n) is 5.15. The van der Waals surface area contributed by atoms with Crippen molar-refractivity contribution in [1.82, 2.24) is 0 Å². The van der Waals surface area contributed by atoms with Crippen LogP contribution in [0.3, 0.4) is 0 Å². The van der Waals surface area contributed by atoms with Crippen LogP contribution in [0.2, 0.25) is 0 Å². The van der Waals surface area contributed by atoms with E-state index in [1.807, 2.05) is 12.1 Å². The first-order valence-electron chi connectivity index (χ1n) is 6.65. The van der Waals surface area contributed by atoms with E-state index >= 15 is 0 Å². The molecule has 3 unspecified atom stereocenters. The maximum atomic E-state index is 12.4. The van der Waals surface area contributed by atoms with Crippen LogP contribution in [0.4, 0.5) is 0 Å². The van der Waals surface area contributed by atoms with Crippen molar-refractivity contribution in [3.05, 3.63) is 40.8 Å². The Bertz CT molecular complexity index is 537. The molecule has 1 aromatic carbocycles. The van der Waals surface area contributed by atoms with E-state index in [0.29, 0.717) is 25.0 Å². The highest BCUT2D eigenvalue weighted by molar-refractivity contribution is 9.10. The topological polar surface area (TPSA) is 55.8 Å². The summed E-state index contributed by atoms with van der Waals surface area (Å²) in [6, 6.07) is 7.28. The normalized spacial score (nSPS) is 29.2. The molecule has 1 aliphatic carbocycles. The van der Waals surface area contributed by atoms with Crippen LogP contribution in [0.1, 0.15) is 19.3 Å². The van der Waals surface area contributed by atoms with Crippen molar-refractivity contribution in [2.24, 2.45) is 5.92 Å². The van der Waals surface area contributed by atoms with Gasteiger partial charge in [-0.05, 0) is 37.1 Å². The lowest BCUT2D eigenvalue weighted by molar-refractivity contribution is -0.132. The molecular formula is C15H15BrO4. The third-order valence-electron chi connectivity index (χ3n) is 3.74. The number of ether oxygens (including phenoxy) is 2. The van der Waals surface area contributed by atoms with Gasteiger partial charge in [0.05, 0.1) is 12.0 Å². The van der Waals surface area contributed by atoms with Crippen molar-refractivity contribution in [2.75, 3.05) is 0 Å². The molecule has 1 N–H and O–H groups in total. The number of hydrogen-bond donors (Lipinski definition) is 1. The molecule has 0 saturated heterocycles. The monoisotopic (exact) mass is 338 g/mol. The Morgan fingerprint density at radius 3 is 2.75 bits per heavy atom. The smallest absolute Gasteiger partial charge is 0.207 e. The van der Waals surface area contributed by atoms with Gasteiger partial charge in [-0.2, -0.15) is 0 Å². The van der Waals surface area contributed by atoms with E-state index < -0.39 is 0 Å². The minimum absolute atomic E-state index is 0.0314. The van der Waals surface area contributed by atoms with E-state index in [2.05, 4.69) is 15.9 Å². The summed E-state index contributed by atoms with van der Waals surface area (Å²) in [5.74, 6) is 0.612. The van der Waals surface area contributed by atoms with Crippen LogP contribution in [-0.4, -0.2) is 23.1 Å². The summed E-state index contributed by atoms with van der Waals surface area (Å²) in [6.07, 6.45) is 2.59. The Hall–Kier alpha value is -1.33. The molecule has 0 radical (unpaired) electrons. The van der Waals surface area contributed by atoms with Gasteiger partial charge in [-0.1, -0.05) is 15.9 Å². The Morgan fingerprint density at radius 2 is 2.00 bits per heavy atom. The molecule has 1 aliphatic heterocycles. The number of aliphatic hydroxyl groups excluding tert-OH is 1. The van der Waals surface area contributed by atoms with E-state index in [1.54, 1.807) is 12.1 Å². The molecule has 106 valence electrons. The van der Waals surface area contributed by atoms with E-state index in [1.165, 1.54) is 6.26 Å². The van der Waals surface area contributed by atoms with Gasteiger partial charge in [0.1, 0.15) is 18.1 Å². The van der Waals surface area contributed by atoms with Crippen molar-refractivity contribution in [2.45, 2.75) is 31.5 Å². The van der Waals surface area contributed by atoms with Gasteiger partial charge in [0.15, 0.2) is 0 Å². The Kier molecular flexibility index (Phi) is 3.81. The molecule has 20 heavy (non-hydrogen) atoms. The molecule has 1 saturated carbocycles. The van der Waals surface area contributed by atoms with Gasteiger partial charge in [-0.25, -0.2) is 0 Å². The Morgan fingerprint density at radius 1 is 1.25 bits per heavy atom. The number of halogens is 1. The minimum Gasteiger partial charge on any atom is -0.493 e. The average Bonchev–Trinajstić information content (AvgIpc) is 2.44. The van der Waals surface area contributed by atoms with Crippen LogP contribution in [0.25, 0.3) is 0 Å². The Labute approximate surface area is 125 Å². The largest absolute Gasteiger partial charge is 0.493 e. The third-order valence-corrected chi connectivity index (χ3v) is 4.26. The zero-order valence-electron chi connectivity index (χ0n) is 10.8. The number of allylic oxidation sites excluding steroid dienone is 1. The molecule has 1 fully saturated rings. The molecule has 3 rings (SSSR count). The summed E-state index contributed by atoms with van der Waals surface area (Å²) in [7, 11) is 0. The number of carbonyl (C=O) groups is 1. The van der Waals surface area contributed by atoms with Crippen LogP contribution in [0.5, 0.6) is 5.75 Å². The predicted octanol–water partition coefficient (Wildman–Crippen LogP) is 2.80. The van der Waals surface area contributed by atoms with Gasteiger partial charge < -0.3 is 14.6 Å². The fourth-order valence-electron chi connectivity index (χ4n) is 2.65. The molecule has 4 nitrogen and oxygen atoms in total. The Balaban J connectivity index is 1.74. The van der Waals surface area contributed by atoms with Gasteiger partial charge in [0, 0.05) is 10.9 Å². The molecule has 3 atom stereocenters. The first-order valence-corrected chi connectivity index (χ1v) is 7.44. The lowest BCUT2D eigenvalue weighted by Gasteiger charge is -2.35. The number of fused-ring (bicyclic) bond motifs is 1. The predicted molar refractivity (Wildman–Crippen MR) is 76.1 cm³/mol. The van der Waals surface area contributed by atoms with Crippen LogP contribution in [0.15, 0.2) is 40.8 Å². The molecule has 0 aromatic heterocycles. The highest BCUT2D eigenvalue weighted by Crippen LogP contribution is 2.34. The number of benzene rings is 1. The fraction of sp³-hybridized carbons (Fsp3) is 0.400. The summed E-state index contributed by atoms with van der Waals surface area (Å²) in [6.45, 7) is 0. The first kappa shape index (κ1) is 13.6. The maximum absolute atomic E-state index is 12.4. The van der Waals surface area contributed by atoms with Crippen molar-refractivity contribution in [3.8, 4) is 5.75 Å². The molecule has 1 aromatic rings. The molecule has 5 heteroatoms. The summed E-state index contributed by atoms with van der Waals surface area (Å²) >= 11 is 3.35. The first-order chi connectivity index (χ1) is 9.63. The van der Waals surface area contributed by atoms with Crippen LogP contribution in [-0.2, 0) is 9.53 Å². The van der Waals surface area contributed by atoms with Gasteiger partial charge in [0.25, 0.3) is 0 Å². The van der Waals surface area contributed by atoms with E-state index in [4.69, 9.17) is 9.47 Å². The van der Waals surface area contributed by atoms with Gasteiger partial charge in [-0.3, -0.25) is 4.79 Å². The summed E-state index contributed by atoms with van der Waals surface area (Å²) in [4.78, 5) is 12.4. The molecule has 2 aliphatic rings. The lowest BCUT2D eigenvalue weighted by atomic mass is 9.80. The molecule has 1 heterocycles. The van der Waals surface area contributed by atoms with E-state index in [9.17, 15) is 9.90 Å². The second-order valence-corrected chi connectivity index (χ2v) is 6.07. The van der Waals surface area contributed by atoms with Gasteiger partial charge in [-0.15, -0.1) is 0 Å². The molecular weight excluding hydrogens is 324 g/mol. The van der Waals surface area contributed by atoms with Crippen molar-refractivity contribution in [1.29, 1.82) is 0 Å². The number of Topliss-reactive ketones (excluding diaryl/α,β-unsaturated/α-hetero) is 1. The van der Waals surface area contributed by atoms with Crippen molar-refractivity contribution >= 4 is 21.7 Å². The summed E-state index contributed by atoms with van der Waals surface area (Å²) in [5, 5.41) is 9.61. The lowest BCUT2D eigenvalue weighted by Crippen LogP contribution is -2.41. The van der Waals surface area contributed by atoms with Gasteiger partial charge >= 0.3 is 0 Å². The standard InChI is InChI=1S/C15H15BrO4/c16-9-1-4-11(5-2-9)20-14-8-19-13-7-10(17)3-6-12(13)15(14)18/h1-2,4-5,8,10,12-13,17H,3,6-7H2. The van der Waals surface area contributed by atoms with E-state index in [-0.39, 0.29) is 29.7 Å². The van der Waals surface area contributed by atoms with E-state index in [0.717, 1.165) is 4.47 Å². The van der Waals surface area contributed by atoms with Crippen molar-refractivity contribution in [3.63, 3.8) is 0 Å². The van der Waals surface area contributed by atoms with Gasteiger partial charge in [0.2, 0.25) is 11.5 Å². The number of ketones is 1.